The van der Waals surface area contributed by atoms with Crippen LogP contribution in [-0.2, 0) is 14.3 Å². The number of carbonyl (C=O) groups is 1. The van der Waals surface area contributed by atoms with Crippen molar-refractivity contribution in [2.45, 2.75) is 44.8 Å². The predicted octanol–water partition coefficient (Wildman–Crippen LogP) is 2.14. The minimum atomic E-state index is -0.647. The summed E-state index contributed by atoms with van der Waals surface area (Å²) in [4.78, 5) is 15.9. The average molecular weight is 266 g/mol. The molecule has 104 valence electrons. The van der Waals surface area contributed by atoms with Crippen LogP contribution in [0.3, 0.4) is 0 Å². The van der Waals surface area contributed by atoms with Crippen LogP contribution in [0.15, 0.2) is 17.2 Å². The third-order valence-electron chi connectivity index (χ3n) is 2.84. The minimum Gasteiger partial charge on any atom is -0.451 e. The molecule has 0 saturated heterocycles. The summed E-state index contributed by atoms with van der Waals surface area (Å²) in [6, 6.07) is 0. The van der Waals surface area contributed by atoms with E-state index in [9.17, 15) is 4.79 Å². The fraction of sp³-hybridized carbons (Fsp3) is 0.615. The van der Waals surface area contributed by atoms with Gasteiger partial charge in [0.05, 0.1) is 6.61 Å². The highest BCUT2D eigenvalue weighted by Crippen LogP contribution is 2.38. The summed E-state index contributed by atoms with van der Waals surface area (Å²) in [7, 11) is 0. The van der Waals surface area contributed by atoms with Gasteiger partial charge in [0.15, 0.2) is 18.0 Å². The highest BCUT2D eigenvalue weighted by Gasteiger charge is 2.30. The van der Waals surface area contributed by atoms with E-state index in [-0.39, 0.29) is 0 Å². The van der Waals surface area contributed by atoms with Crippen LogP contribution in [0.25, 0.3) is 0 Å². The number of nitrogens with zero attached hydrogens (tertiary/aromatic N) is 2. The van der Waals surface area contributed by atoms with Gasteiger partial charge in [0.1, 0.15) is 0 Å². The maximum atomic E-state index is 11.7. The standard InChI is InChI=1S/C13H18N2O4/c1-4-7-17-9(3)13(16)18-8(2)12-14-11(15-19-12)10-5-6-10/h4,8-10H,1,5-7H2,2-3H3. The Morgan fingerprint density at radius 1 is 1.58 bits per heavy atom. The molecule has 1 aliphatic carbocycles. The number of ether oxygens (including phenoxy) is 2. The summed E-state index contributed by atoms with van der Waals surface area (Å²) in [5.41, 5.74) is 0. The van der Waals surface area contributed by atoms with Crippen molar-refractivity contribution in [1.82, 2.24) is 10.1 Å². The molecule has 1 saturated carbocycles. The lowest BCUT2D eigenvalue weighted by Crippen LogP contribution is -2.24. The molecule has 0 aliphatic heterocycles. The molecule has 1 heterocycles. The van der Waals surface area contributed by atoms with Crippen molar-refractivity contribution in [2.75, 3.05) is 6.61 Å². The van der Waals surface area contributed by atoms with Crippen LogP contribution < -0.4 is 0 Å². The van der Waals surface area contributed by atoms with E-state index in [2.05, 4.69) is 16.7 Å². The first kappa shape index (κ1) is 13.7. The zero-order valence-corrected chi connectivity index (χ0v) is 11.2. The zero-order valence-electron chi connectivity index (χ0n) is 11.2. The van der Waals surface area contributed by atoms with Crippen LogP contribution in [0.1, 0.15) is 50.4 Å². The molecule has 2 atom stereocenters. The van der Waals surface area contributed by atoms with Gasteiger partial charge in [-0.2, -0.15) is 4.98 Å². The second-order valence-corrected chi connectivity index (χ2v) is 4.61. The molecule has 0 spiro atoms. The van der Waals surface area contributed by atoms with Crippen LogP contribution in [0, 0.1) is 0 Å². The summed E-state index contributed by atoms with van der Waals surface area (Å²) in [6.07, 6.45) is 2.56. The van der Waals surface area contributed by atoms with E-state index in [0.717, 1.165) is 12.8 Å². The molecule has 6 nitrogen and oxygen atoms in total. The van der Waals surface area contributed by atoms with Gasteiger partial charge in [-0.05, 0) is 26.7 Å². The van der Waals surface area contributed by atoms with Crippen molar-refractivity contribution in [3.63, 3.8) is 0 Å². The predicted molar refractivity (Wildman–Crippen MR) is 66.4 cm³/mol. The second-order valence-electron chi connectivity index (χ2n) is 4.61. The number of carbonyl (C=O) groups excluding carboxylic acids is 1. The van der Waals surface area contributed by atoms with Crippen molar-refractivity contribution in [2.24, 2.45) is 0 Å². The topological polar surface area (TPSA) is 74.5 Å². The summed E-state index contributed by atoms with van der Waals surface area (Å²) < 4.78 is 15.5. The van der Waals surface area contributed by atoms with E-state index >= 15 is 0 Å². The van der Waals surface area contributed by atoms with Crippen molar-refractivity contribution in [3.05, 3.63) is 24.4 Å². The van der Waals surface area contributed by atoms with Gasteiger partial charge in [0.25, 0.3) is 5.89 Å². The number of rotatable bonds is 7. The molecule has 2 rings (SSSR count). The van der Waals surface area contributed by atoms with E-state index in [1.807, 2.05) is 0 Å². The zero-order chi connectivity index (χ0) is 13.8. The van der Waals surface area contributed by atoms with Crippen LogP contribution in [-0.4, -0.2) is 28.8 Å². The number of hydrogen-bond acceptors (Lipinski definition) is 6. The first-order chi connectivity index (χ1) is 9.11. The van der Waals surface area contributed by atoms with Gasteiger partial charge >= 0.3 is 5.97 Å². The van der Waals surface area contributed by atoms with E-state index in [0.29, 0.717) is 24.2 Å². The largest absolute Gasteiger partial charge is 0.451 e. The molecule has 0 aromatic carbocycles. The van der Waals surface area contributed by atoms with Gasteiger partial charge in [-0.3, -0.25) is 0 Å². The Balaban J connectivity index is 1.86. The van der Waals surface area contributed by atoms with E-state index in [1.54, 1.807) is 19.9 Å². The number of hydrogen-bond donors (Lipinski definition) is 0. The summed E-state index contributed by atoms with van der Waals surface area (Å²) in [6.45, 7) is 7.14. The smallest absolute Gasteiger partial charge is 0.335 e. The molecular formula is C13H18N2O4. The summed E-state index contributed by atoms with van der Waals surface area (Å²) in [5, 5.41) is 3.88. The lowest BCUT2D eigenvalue weighted by Gasteiger charge is -2.14. The Hall–Kier alpha value is -1.69. The first-order valence-electron chi connectivity index (χ1n) is 6.38. The molecular weight excluding hydrogens is 248 g/mol. The van der Waals surface area contributed by atoms with Gasteiger partial charge in [-0.1, -0.05) is 11.2 Å². The maximum absolute atomic E-state index is 11.7. The minimum absolute atomic E-state index is 0.303. The lowest BCUT2D eigenvalue weighted by atomic mass is 10.3. The van der Waals surface area contributed by atoms with E-state index in [4.69, 9.17) is 14.0 Å². The quantitative estimate of drug-likeness (QED) is 0.556. The SMILES string of the molecule is C=CCOC(C)C(=O)OC(C)c1nc(C2CC2)no1. The Morgan fingerprint density at radius 2 is 2.32 bits per heavy atom. The fourth-order valence-electron chi connectivity index (χ4n) is 1.52. The fourth-order valence-corrected chi connectivity index (χ4v) is 1.52. The van der Waals surface area contributed by atoms with Crippen LogP contribution in [0.4, 0.5) is 0 Å². The molecule has 1 fully saturated rings. The molecule has 0 radical (unpaired) electrons. The lowest BCUT2D eigenvalue weighted by molar-refractivity contribution is -0.161. The Labute approximate surface area is 111 Å². The molecule has 19 heavy (non-hydrogen) atoms. The van der Waals surface area contributed by atoms with Crippen molar-refractivity contribution in [3.8, 4) is 0 Å². The molecule has 0 amide bonds. The molecule has 1 aromatic heterocycles. The third kappa shape index (κ3) is 3.64. The van der Waals surface area contributed by atoms with E-state index in [1.165, 1.54) is 0 Å². The van der Waals surface area contributed by atoms with E-state index < -0.39 is 18.2 Å². The molecule has 1 aliphatic rings. The van der Waals surface area contributed by atoms with Crippen molar-refractivity contribution >= 4 is 5.97 Å². The second kappa shape index (κ2) is 5.97. The first-order valence-corrected chi connectivity index (χ1v) is 6.38. The Bertz CT molecular complexity index is 453. The van der Waals surface area contributed by atoms with Crippen molar-refractivity contribution in [1.29, 1.82) is 0 Å². The molecule has 0 N–H and O–H groups in total. The van der Waals surface area contributed by atoms with Crippen LogP contribution in [0.2, 0.25) is 0 Å². The highest BCUT2D eigenvalue weighted by molar-refractivity contribution is 5.74. The third-order valence-corrected chi connectivity index (χ3v) is 2.84. The van der Waals surface area contributed by atoms with Crippen molar-refractivity contribution < 1.29 is 18.8 Å². The van der Waals surface area contributed by atoms with Crippen LogP contribution in [0.5, 0.6) is 0 Å². The average Bonchev–Trinajstić information content (AvgIpc) is 3.13. The summed E-state index contributed by atoms with van der Waals surface area (Å²) >= 11 is 0. The maximum Gasteiger partial charge on any atom is 0.335 e. The monoisotopic (exact) mass is 266 g/mol. The van der Waals surface area contributed by atoms with Gasteiger partial charge in [-0.25, -0.2) is 4.79 Å². The van der Waals surface area contributed by atoms with Gasteiger partial charge < -0.3 is 14.0 Å². The number of aromatic nitrogens is 2. The van der Waals surface area contributed by atoms with Gasteiger partial charge in [0, 0.05) is 5.92 Å². The highest BCUT2D eigenvalue weighted by atomic mass is 16.6. The Kier molecular flexibility index (Phi) is 4.31. The molecule has 6 heteroatoms. The number of esters is 1. The normalized spacial score (nSPS) is 17.8. The van der Waals surface area contributed by atoms with Crippen LogP contribution >= 0.6 is 0 Å². The van der Waals surface area contributed by atoms with Gasteiger partial charge in [-0.15, -0.1) is 6.58 Å². The Morgan fingerprint density at radius 3 is 2.95 bits per heavy atom. The molecule has 2 unspecified atom stereocenters. The summed E-state index contributed by atoms with van der Waals surface area (Å²) in [5.74, 6) is 0.982. The van der Waals surface area contributed by atoms with Gasteiger partial charge in [0.2, 0.25) is 0 Å². The molecule has 1 aromatic rings. The molecule has 0 bridgehead atoms.